The van der Waals surface area contributed by atoms with E-state index in [2.05, 4.69) is 10.3 Å². The molecule has 1 atom stereocenters. The Kier molecular flexibility index (Phi) is 5.16. The van der Waals surface area contributed by atoms with Crippen molar-refractivity contribution >= 4 is 35.4 Å². The van der Waals surface area contributed by atoms with Crippen LogP contribution in [-0.2, 0) is 16.0 Å². The lowest BCUT2D eigenvalue weighted by Crippen LogP contribution is -2.40. The van der Waals surface area contributed by atoms with Crippen LogP contribution in [0.2, 0.25) is 0 Å². The van der Waals surface area contributed by atoms with Crippen molar-refractivity contribution in [1.82, 2.24) is 15.2 Å². The number of H-pyrrole nitrogens is 1. The molecule has 0 unspecified atom stereocenters. The van der Waals surface area contributed by atoms with E-state index in [1.165, 1.54) is 24.2 Å². The fourth-order valence-corrected chi connectivity index (χ4v) is 4.83. The Hall–Kier alpha value is -1.21. The van der Waals surface area contributed by atoms with Crippen molar-refractivity contribution in [2.24, 2.45) is 5.92 Å². The molecule has 7 heteroatoms. The molecule has 0 spiro atoms. The number of aryl methyl sites for hydroxylation is 1. The zero-order valence-electron chi connectivity index (χ0n) is 13.4. The third-order valence-electron chi connectivity index (χ3n) is 4.81. The maximum absolute atomic E-state index is 12.4. The quantitative estimate of drug-likeness (QED) is 0.818. The summed E-state index contributed by atoms with van der Waals surface area (Å²) in [6.45, 7) is 3.36. The number of hydrogen-bond donors (Lipinski definition) is 2. The van der Waals surface area contributed by atoms with E-state index in [1.54, 1.807) is 0 Å². The maximum Gasteiger partial charge on any atom is 0.225 e. The Morgan fingerprint density at radius 3 is 2.74 bits per heavy atom. The zero-order valence-corrected chi connectivity index (χ0v) is 15.0. The first-order valence-corrected chi connectivity index (χ1v) is 9.52. The highest BCUT2D eigenvalue weighted by molar-refractivity contribution is 7.73. The van der Waals surface area contributed by atoms with Crippen molar-refractivity contribution in [3.8, 4) is 0 Å². The average Bonchev–Trinajstić information content (AvgIpc) is 3.21. The summed E-state index contributed by atoms with van der Waals surface area (Å²) in [5.74, 6) is 0.524. The molecule has 2 fully saturated rings. The van der Waals surface area contributed by atoms with Crippen LogP contribution in [0.5, 0.6) is 0 Å². The number of hydrogen-bond acceptors (Lipinski definition) is 4. The van der Waals surface area contributed by atoms with Gasteiger partial charge in [-0.15, -0.1) is 11.3 Å². The van der Waals surface area contributed by atoms with E-state index in [0.717, 1.165) is 36.4 Å². The number of amides is 2. The number of aromatic nitrogens is 1. The van der Waals surface area contributed by atoms with Crippen LogP contribution in [0.3, 0.4) is 0 Å². The lowest BCUT2D eigenvalue weighted by molar-refractivity contribution is -0.134. The summed E-state index contributed by atoms with van der Waals surface area (Å²) < 4.78 is 0.708. The summed E-state index contributed by atoms with van der Waals surface area (Å²) in [7, 11) is 0. The number of carbonyl (C=O) groups is 2. The average molecular weight is 354 g/mol. The molecule has 126 valence electrons. The first kappa shape index (κ1) is 16.6. The molecule has 1 saturated heterocycles. The minimum absolute atomic E-state index is 0.0125. The molecule has 1 aromatic heterocycles. The minimum atomic E-state index is 0.0125. The molecule has 1 aliphatic heterocycles. The number of likely N-dealkylation sites (tertiary alicyclic amines) is 1. The van der Waals surface area contributed by atoms with Crippen molar-refractivity contribution in [2.75, 3.05) is 13.1 Å². The topological polar surface area (TPSA) is 65.2 Å². The zero-order chi connectivity index (χ0) is 16.4. The summed E-state index contributed by atoms with van der Waals surface area (Å²) in [6, 6.07) is 0.0834. The van der Waals surface area contributed by atoms with Crippen LogP contribution in [-0.4, -0.2) is 40.8 Å². The van der Waals surface area contributed by atoms with Crippen molar-refractivity contribution in [3.05, 3.63) is 14.5 Å². The van der Waals surface area contributed by atoms with Gasteiger partial charge in [-0.2, -0.15) is 0 Å². The molecule has 5 nitrogen and oxygen atoms in total. The van der Waals surface area contributed by atoms with Gasteiger partial charge in [0.15, 0.2) is 3.95 Å². The Bertz CT molecular complexity index is 646. The highest BCUT2D eigenvalue weighted by atomic mass is 32.1. The van der Waals surface area contributed by atoms with Gasteiger partial charge in [0.1, 0.15) is 0 Å². The van der Waals surface area contributed by atoms with Gasteiger partial charge in [-0.05, 0) is 38.4 Å². The van der Waals surface area contributed by atoms with Gasteiger partial charge >= 0.3 is 0 Å². The summed E-state index contributed by atoms with van der Waals surface area (Å²) in [5, 5.41) is 3.07. The smallest absolute Gasteiger partial charge is 0.225 e. The maximum atomic E-state index is 12.4. The lowest BCUT2D eigenvalue weighted by Gasteiger charge is -2.20. The number of nitrogens with zero attached hydrogens (tertiary/aromatic N) is 1. The summed E-state index contributed by atoms with van der Waals surface area (Å²) in [4.78, 5) is 30.6. The first-order valence-electron chi connectivity index (χ1n) is 8.29. The van der Waals surface area contributed by atoms with Gasteiger partial charge in [-0.25, -0.2) is 0 Å². The second kappa shape index (κ2) is 7.13. The molecule has 23 heavy (non-hydrogen) atoms. The molecule has 0 bridgehead atoms. The van der Waals surface area contributed by atoms with E-state index in [4.69, 9.17) is 12.2 Å². The van der Waals surface area contributed by atoms with Crippen LogP contribution in [0.15, 0.2) is 0 Å². The number of rotatable bonds is 4. The predicted molar refractivity (Wildman–Crippen MR) is 93.0 cm³/mol. The van der Waals surface area contributed by atoms with Crippen molar-refractivity contribution in [2.45, 2.75) is 51.5 Å². The number of nitrogens with one attached hydrogen (secondary N) is 2. The highest BCUT2D eigenvalue weighted by Crippen LogP contribution is 2.27. The summed E-state index contributed by atoms with van der Waals surface area (Å²) in [6.07, 6.45) is 5.62. The van der Waals surface area contributed by atoms with Gasteiger partial charge in [-0.1, -0.05) is 12.8 Å². The van der Waals surface area contributed by atoms with Crippen LogP contribution < -0.4 is 5.32 Å². The first-order chi connectivity index (χ1) is 11.0. The van der Waals surface area contributed by atoms with Crippen LogP contribution in [0.25, 0.3) is 0 Å². The Labute approximate surface area is 145 Å². The molecule has 1 aliphatic carbocycles. The number of aromatic amines is 1. The van der Waals surface area contributed by atoms with Crippen molar-refractivity contribution in [1.29, 1.82) is 0 Å². The molecule has 1 saturated carbocycles. The van der Waals surface area contributed by atoms with Gasteiger partial charge in [0.05, 0.1) is 6.42 Å². The van der Waals surface area contributed by atoms with E-state index in [9.17, 15) is 9.59 Å². The predicted octanol–water partition coefficient (Wildman–Crippen LogP) is 2.56. The van der Waals surface area contributed by atoms with Crippen LogP contribution in [0.4, 0.5) is 0 Å². The van der Waals surface area contributed by atoms with E-state index in [0.29, 0.717) is 22.8 Å². The van der Waals surface area contributed by atoms with E-state index in [-0.39, 0.29) is 17.9 Å². The second-order valence-corrected chi connectivity index (χ2v) is 8.33. The minimum Gasteiger partial charge on any atom is -0.351 e. The monoisotopic (exact) mass is 353 g/mol. The van der Waals surface area contributed by atoms with E-state index in [1.807, 2.05) is 11.8 Å². The Balaban J connectivity index is 1.49. The largest absolute Gasteiger partial charge is 0.351 e. The molecule has 1 aromatic rings. The molecule has 2 heterocycles. The third-order valence-corrected chi connectivity index (χ3v) is 6.15. The number of carbonyl (C=O) groups excluding carboxylic acids is 2. The van der Waals surface area contributed by atoms with E-state index >= 15 is 0 Å². The van der Waals surface area contributed by atoms with E-state index < -0.39 is 0 Å². The van der Waals surface area contributed by atoms with Crippen molar-refractivity contribution in [3.63, 3.8) is 0 Å². The standard InChI is InChI=1S/C16H23N3O2S2/c1-10-13(23-16(22)17-10)8-14(20)18-12-6-7-19(9-12)15(21)11-4-2-3-5-11/h11-12H,2-9H2,1H3,(H,17,22)(H,18,20)/t12-/m1/s1. The summed E-state index contributed by atoms with van der Waals surface area (Å²) in [5.41, 5.74) is 0.972. The molecular formula is C16H23N3O2S2. The molecular weight excluding hydrogens is 330 g/mol. The van der Waals surface area contributed by atoms with Gasteiger partial charge in [-0.3, -0.25) is 9.59 Å². The van der Waals surface area contributed by atoms with Gasteiger partial charge in [0.2, 0.25) is 11.8 Å². The fourth-order valence-electron chi connectivity index (χ4n) is 3.54. The molecule has 0 radical (unpaired) electrons. The normalized spacial score (nSPS) is 21.8. The molecule has 3 rings (SSSR count). The van der Waals surface area contributed by atoms with Crippen LogP contribution >= 0.6 is 23.6 Å². The fraction of sp³-hybridized carbons (Fsp3) is 0.688. The molecule has 2 amide bonds. The van der Waals surface area contributed by atoms with Gasteiger partial charge < -0.3 is 15.2 Å². The van der Waals surface area contributed by atoms with Gasteiger partial charge in [0.25, 0.3) is 0 Å². The van der Waals surface area contributed by atoms with Gasteiger partial charge in [0, 0.05) is 35.6 Å². The van der Waals surface area contributed by atoms with Crippen molar-refractivity contribution < 1.29 is 9.59 Å². The molecule has 2 aliphatic rings. The molecule has 2 N–H and O–H groups in total. The number of thiazole rings is 1. The highest BCUT2D eigenvalue weighted by Gasteiger charge is 2.32. The molecule has 0 aromatic carbocycles. The summed E-state index contributed by atoms with van der Waals surface area (Å²) >= 11 is 6.56. The van der Waals surface area contributed by atoms with Crippen LogP contribution in [0.1, 0.15) is 42.7 Å². The third kappa shape index (κ3) is 4.01. The Morgan fingerprint density at radius 1 is 1.35 bits per heavy atom. The Morgan fingerprint density at radius 2 is 2.09 bits per heavy atom. The SMILES string of the molecule is Cc1[nH]c(=S)sc1CC(=O)N[C@@H]1CCN(C(=O)C2CCCC2)C1. The lowest BCUT2D eigenvalue weighted by atomic mass is 10.1. The second-order valence-electron chi connectivity index (χ2n) is 6.56. The van der Waals surface area contributed by atoms with Crippen LogP contribution in [0, 0.1) is 16.8 Å².